The third-order valence-corrected chi connectivity index (χ3v) is 5.78. The van der Waals surface area contributed by atoms with E-state index in [9.17, 15) is 9.59 Å². The maximum absolute atomic E-state index is 12.2. The van der Waals surface area contributed by atoms with Gasteiger partial charge in [0, 0.05) is 13.0 Å². The van der Waals surface area contributed by atoms with Crippen LogP contribution in [0.3, 0.4) is 0 Å². The van der Waals surface area contributed by atoms with Gasteiger partial charge in [-0.25, -0.2) is 4.98 Å². The number of aryl methyl sites for hydroxylation is 2. The van der Waals surface area contributed by atoms with Gasteiger partial charge in [0.15, 0.2) is 22.4 Å². The van der Waals surface area contributed by atoms with Crippen molar-refractivity contribution < 1.29 is 19.1 Å². The van der Waals surface area contributed by atoms with Gasteiger partial charge in [-0.3, -0.25) is 14.9 Å². The summed E-state index contributed by atoms with van der Waals surface area (Å²) < 4.78 is 11.4. The highest BCUT2D eigenvalue weighted by atomic mass is 32.1. The summed E-state index contributed by atoms with van der Waals surface area (Å²) in [5.74, 6) is 0.811. The quantitative estimate of drug-likeness (QED) is 0.388. The van der Waals surface area contributed by atoms with Gasteiger partial charge < -0.3 is 9.47 Å². The van der Waals surface area contributed by atoms with Crippen molar-refractivity contribution in [3.63, 3.8) is 0 Å². The van der Waals surface area contributed by atoms with Crippen LogP contribution in [0.4, 0.5) is 5.13 Å². The number of nitrogens with zero attached hydrogens (tertiary/aromatic N) is 1. The summed E-state index contributed by atoms with van der Waals surface area (Å²) >= 11 is 1.17. The molecule has 1 aromatic heterocycles. The Kier molecular flexibility index (Phi) is 7.20. The van der Waals surface area contributed by atoms with E-state index < -0.39 is 0 Å². The van der Waals surface area contributed by atoms with Crippen molar-refractivity contribution in [2.24, 2.45) is 0 Å². The Morgan fingerprint density at radius 2 is 1.90 bits per heavy atom. The summed E-state index contributed by atoms with van der Waals surface area (Å²) in [6, 6.07) is 13.5. The zero-order valence-corrected chi connectivity index (χ0v) is 18.7. The highest BCUT2D eigenvalue weighted by Gasteiger charge is 2.12. The molecule has 1 amide bonds. The summed E-state index contributed by atoms with van der Waals surface area (Å²) in [5, 5.41) is 3.08. The number of amides is 1. The minimum atomic E-state index is -0.331. The third kappa shape index (κ3) is 5.79. The van der Waals surface area contributed by atoms with Crippen molar-refractivity contribution in [3.8, 4) is 11.5 Å². The molecule has 0 saturated heterocycles. The van der Waals surface area contributed by atoms with E-state index in [4.69, 9.17) is 9.47 Å². The van der Waals surface area contributed by atoms with Gasteiger partial charge in [0.1, 0.15) is 6.61 Å². The first-order chi connectivity index (χ1) is 14.9. The standard InChI is InChI=1S/C24H24N2O4S/c1-15-7-5-6-8-19(15)14-30-20-11-9-18(13-21(20)29-4)10-12-22(28)26-24-25-16(2)23(31-24)17(3)27/h5-13H,14H2,1-4H3,(H,25,26,28). The number of methoxy groups -OCH3 is 1. The molecule has 0 aliphatic rings. The molecule has 6 nitrogen and oxygen atoms in total. The third-order valence-electron chi connectivity index (χ3n) is 4.61. The first-order valence-corrected chi connectivity index (χ1v) is 10.5. The number of ether oxygens (including phenoxy) is 2. The van der Waals surface area contributed by atoms with Crippen LogP contribution in [0.15, 0.2) is 48.5 Å². The summed E-state index contributed by atoms with van der Waals surface area (Å²) in [4.78, 5) is 28.5. The molecule has 3 aromatic rings. The number of hydrogen-bond donors (Lipinski definition) is 1. The van der Waals surface area contributed by atoms with Gasteiger partial charge >= 0.3 is 0 Å². The summed E-state index contributed by atoms with van der Waals surface area (Å²) in [7, 11) is 1.58. The van der Waals surface area contributed by atoms with E-state index >= 15 is 0 Å². The largest absolute Gasteiger partial charge is 0.493 e. The minimum absolute atomic E-state index is 0.0668. The number of rotatable bonds is 8. The molecule has 31 heavy (non-hydrogen) atoms. The van der Waals surface area contributed by atoms with Crippen LogP contribution in [-0.4, -0.2) is 23.8 Å². The second kappa shape index (κ2) is 10.0. The number of benzene rings is 2. The number of nitrogens with one attached hydrogen (secondary N) is 1. The SMILES string of the molecule is COc1cc(C=CC(=O)Nc2nc(C)c(C(C)=O)s2)ccc1OCc1ccccc1C. The number of hydrogen-bond acceptors (Lipinski definition) is 6. The lowest BCUT2D eigenvalue weighted by Gasteiger charge is -2.12. The van der Waals surface area contributed by atoms with E-state index in [1.54, 1.807) is 26.2 Å². The second-order valence-corrected chi connectivity index (χ2v) is 7.94. The molecule has 0 bridgehead atoms. The Morgan fingerprint density at radius 1 is 1.13 bits per heavy atom. The molecule has 0 fully saturated rings. The molecule has 3 rings (SSSR count). The zero-order valence-electron chi connectivity index (χ0n) is 17.9. The average Bonchev–Trinajstić information content (AvgIpc) is 3.12. The molecule has 7 heteroatoms. The first kappa shape index (κ1) is 22.2. The molecule has 0 radical (unpaired) electrons. The summed E-state index contributed by atoms with van der Waals surface area (Å²) in [6.45, 7) is 5.71. The van der Waals surface area contributed by atoms with Crippen molar-refractivity contribution in [2.45, 2.75) is 27.4 Å². The molecular weight excluding hydrogens is 412 g/mol. The van der Waals surface area contributed by atoms with E-state index in [0.29, 0.717) is 33.8 Å². The molecule has 0 aliphatic heterocycles. The maximum atomic E-state index is 12.2. The van der Waals surface area contributed by atoms with Gasteiger partial charge in [0.25, 0.3) is 0 Å². The topological polar surface area (TPSA) is 77.5 Å². The van der Waals surface area contributed by atoms with Crippen LogP contribution in [0.5, 0.6) is 11.5 Å². The Morgan fingerprint density at radius 3 is 2.58 bits per heavy atom. The van der Waals surface area contributed by atoms with Crippen LogP contribution in [0.25, 0.3) is 6.08 Å². The van der Waals surface area contributed by atoms with Crippen molar-refractivity contribution in [3.05, 3.63) is 75.8 Å². The fourth-order valence-corrected chi connectivity index (χ4v) is 3.79. The number of carbonyl (C=O) groups excluding carboxylic acids is 2. The zero-order chi connectivity index (χ0) is 22.4. The van der Waals surface area contributed by atoms with Crippen molar-refractivity contribution in [2.75, 3.05) is 12.4 Å². The number of thiazole rings is 1. The lowest BCUT2D eigenvalue weighted by Crippen LogP contribution is -2.07. The van der Waals surface area contributed by atoms with Gasteiger partial charge in [0.05, 0.1) is 17.7 Å². The molecule has 2 aromatic carbocycles. The fraction of sp³-hybridized carbons (Fsp3) is 0.208. The number of Topliss-reactive ketones (excluding diaryl/α,β-unsaturated/α-hetero) is 1. The van der Waals surface area contributed by atoms with Crippen molar-refractivity contribution >= 4 is 34.2 Å². The number of aromatic nitrogens is 1. The van der Waals surface area contributed by atoms with Gasteiger partial charge in [-0.05, 0) is 48.7 Å². The lowest BCUT2D eigenvalue weighted by atomic mass is 10.1. The van der Waals surface area contributed by atoms with E-state index in [0.717, 1.165) is 16.7 Å². The molecular formula is C24H24N2O4S. The normalized spacial score (nSPS) is 10.8. The van der Waals surface area contributed by atoms with E-state index in [2.05, 4.69) is 10.3 Å². The first-order valence-electron chi connectivity index (χ1n) is 9.70. The summed E-state index contributed by atoms with van der Waals surface area (Å²) in [6.07, 6.45) is 3.09. The van der Waals surface area contributed by atoms with E-state index in [1.807, 2.05) is 43.3 Å². The average molecular weight is 437 g/mol. The van der Waals surface area contributed by atoms with Crippen LogP contribution in [0.1, 0.15) is 39.0 Å². The minimum Gasteiger partial charge on any atom is -0.493 e. The Labute approximate surface area is 185 Å². The smallest absolute Gasteiger partial charge is 0.250 e. The Balaban J connectivity index is 1.65. The second-order valence-electron chi connectivity index (χ2n) is 6.94. The van der Waals surface area contributed by atoms with Gasteiger partial charge in [-0.15, -0.1) is 0 Å². The number of carbonyl (C=O) groups is 2. The Hall–Kier alpha value is -3.45. The predicted octanol–water partition coefficient (Wildman–Crippen LogP) is 5.20. The van der Waals surface area contributed by atoms with Gasteiger partial charge in [-0.2, -0.15) is 0 Å². The number of ketones is 1. The van der Waals surface area contributed by atoms with E-state index in [1.165, 1.54) is 24.3 Å². The molecule has 1 N–H and O–H groups in total. The van der Waals surface area contributed by atoms with E-state index in [-0.39, 0.29) is 11.7 Å². The molecule has 1 heterocycles. The van der Waals surface area contributed by atoms with Gasteiger partial charge in [-0.1, -0.05) is 41.7 Å². The highest BCUT2D eigenvalue weighted by Crippen LogP contribution is 2.29. The van der Waals surface area contributed by atoms with Crippen LogP contribution in [-0.2, 0) is 11.4 Å². The highest BCUT2D eigenvalue weighted by molar-refractivity contribution is 7.17. The maximum Gasteiger partial charge on any atom is 0.250 e. The predicted molar refractivity (Wildman–Crippen MR) is 123 cm³/mol. The molecule has 0 saturated carbocycles. The Bertz CT molecular complexity index is 1130. The fourth-order valence-electron chi connectivity index (χ4n) is 2.93. The number of anilines is 1. The molecule has 0 aliphatic carbocycles. The van der Waals surface area contributed by atoms with Crippen LogP contribution >= 0.6 is 11.3 Å². The summed E-state index contributed by atoms with van der Waals surface area (Å²) in [5.41, 5.74) is 3.67. The van der Waals surface area contributed by atoms with Crippen LogP contribution < -0.4 is 14.8 Å². The van der Waals surface area contributed by atoms with Crippen molar-refractivity contribution in [1.29, 1.82) is 0 Å². The molecule has 160 valence electrons. The van der Waals surface area contributed by atoms with Gasteiger partial charge in [0.2, 0.25) is 5.91 Å². The monoisotopic (exact) mass is 436 g/mol. The van der Waals surface area contributed by atoms with Crippen molar-refractivity contribution in [1.82, 2.24) is 4.98 Å². The molecule has 0 spiro atoms. The van der Waals surface area contributed by atoms with Crippen LogP contribution in [0, 0.1) is 13.8 Å². The van der Waals surface area contributed by atoms with Crippen LogP contribution in [0.2, 0.25) is 0 Å². The molecule has 0 unspecified atom stereocenters. The molecule has 0 atom stereocenters. The lowest BCUT2D eigenvalue weighted by molar-refractivity contribution is -0.111.